The Kier molecular flexibility index (Phi) is 2.08. The van der Waals surface area contributed by atoms with Crippen LogP contribution in [0.4, 0.5) is 0 Å². The second kappa shape index (κ2) is 3.26. The average molecular weight is 190 g/mol. The molecule has 72 valence electrons. The molecular formula is C10H10N2O2. The first kappa shape index (κ1) is 8.95. The summed E-state index contributed by atoms with van der Waals surface area (Å²) >= 11 is 0. The number of nitriles is 1. The highest BCUT2D eigenvalue weighted by molar-refractivity contribution is 5.99. The number of Topliss-reactive ketones (excluding diaryl/α,β-unsaturated/α-hetero) is 1. The fourth-order valence-corrected chi connectivity index (χ4v) is 1.81. The van der Waals surface area contributed by atoms with Crippen LogP contribution >= 0.6 is 0 Å². The molecule has 1 heterocycles. The Morgan fingerprint density at radius 3 is 3.00 bits per heavy atom. The number of nitrogens with one attached hydrogen (secondary N) is 1. The Bertz CT molecular complexity index is 376. The van der Waals surface area contributed by atoms with E-state index in [1.54, 1.807) is 0 Å². The third kappa shape index (κ3) is 1.31. The molecule has 1 atom stereocenters. The maximum absolute atomic E-state index is 11.5. The molecule has 0 fully saturated rings. The molecule has 1 N–H and O–H groups in total. The van der Waals surface area contributed by atoms with E-state index in [2.05, 4.69) is 0 Å². The molecule has 0 aromatic carbocycles. The number of allylic oxidation sites excluding steroid dienone is 2. The van der Waals surface area contributed by atoms with Crippen LogP contribution in [0, 0.1) is 22.7 Å². The molecule has 0 amide bonds. The maximum atomic E-state index is 11.5. The first-order chi connectivity index (χ1) is 6.72. The van der Waals surface area contributed by atoms with Crippen LogP contribution in [-0.2, 0) is 9.53 Å². The molecule has 1 unspecified atom stereocenters. The maximum Gasteiger partial charge on any atom is 0.204 e. The van der Waals surface area contributed by atoms with Crippen molar-refractivity contribution in [1.82, 2.24) is 0 Å². The molecule has 1 aliphatic heterocycles. The highest BCUT2D eigenvalue weighted by Gasteiger charge is 2.32. The minimum atomic E-state index is -0.573. The van der Waals surface area contributed by atoms with Crippen LogP contribution in [0.25, 0.3) is 0 Å². The summed E-state index contributed by atoms with van der Waals surface area (Å²) in [5.74, 6) is 0.119. The van der Waals surface area contributed by atoms with Crippen LogP contribution in [0.15, 0.2) is 11.3 Å². The van der Waals surface area contributed by atoms with Crippen LogP contribution < -0.4 is 0 Å². The molecule has 0 saturated heterocycles. The van der Waals surface area contributed by atoms with Gasteiger partial charge in [-0.1, -0.05) is 0 Å². The van der Waals surface area contributed by atoms with Gasteiger partial charge in [0, 0.05) is 24.8 Å². The number of ketones is 1. The molecular weight excluding hydrogens is 180 g/mol. The zero-order chi connectivity index (χ0) is 10.1. The number of ether oxygens (including phenoxy) is 1. The van der Waals surface area contributed by atoms with Gasteiger partial charge in [0.25, 0.3) is 0 Å². The number of nitrogens with zero attached hydrogens (tertiary/aromatic N) is 1. The van der Waals surface area contributed by atoms with Crippen molar-refractivity contribution in [3.63, 3.8) is 0 Å². The van der Waals surface area contributed by atoms with Crippen LogP contribution in [-0.4, -0.2) is 11.7 Å². The summed E-state index contributed by atoms with van der Waals surface area (Å²) < 4.78 is 5.18. The average Bonchev–Trinajstić information content (AvgIpc) is 2.17. The number of carbonyl (C=O) groups excluding carboxylic acids is 1. The zero-order valence-corrected chi connectivity index (χ0v) is 7.67. The van der Waals surface area contributed by atoms with Gasteiger partial charge in [-0.15, -0.1) is 0 Å². The lowest BCUT2D eigenvalue weighted by Gasteiger charge is -2.26. The molecule has 1 aliphatic carbocycles. The Morgan fingerprint density at radius 2 is 2.29 bits per heavy atom. The van der Waals surface area contributed by atoms with Crippen molar-refractivity contribution in [2.24, 2.45) is 5.92 Å². The third-order valence-corrected chi connectivity index (χ3v) is 2.59. The van der Waals surface area contributed by atoms with E-state index in [9.17, 15) is 4.79 Å². The van der Waals surface area contributed by atoms with E-state index >= 15 is 0 Å². The van der Waals surface area contributed by atoms with Gasteiger partial charge in [0.2, 0.25) is 5.90 Å². The third-order valence-electron chi connectivity index (χ3n) is 2.59. The molecule has 4 heteroatoms. The lowest BCUT2D eigenvalue weighted by molar-refractivity contribution is -0.116. The number of rotatable bonds is 0. The normalized spacial score (nSPS) is 26.6. The minimum Gasteiger partial charge on any atom is -0.446 e. The van der Waals surface area contributed by atoms with Gasteiger partial charge in [0.15, 0.2) is 5.78 Å². The Balaban J connectivity index is 2.32. The molecule has 0 aromatic heterocycles. The quantitative estimate of drug-likeness (QED) is 0.629. The summed E-state index contributed by atoms with van der Waals surface area (Å²) in [6.45, 7) is 0. The van der Waals surface area contributed by atoms with E-state index in [1.807, 2.05) is 6.07 Å². The first-order valence-corrected chi connectivity index (χ1v) is 4.63. The first-order valence-electron chi connectivity index (χ1n) is 4.63. The Morgan fingerprint density at radius 1 is 1.50 bits per heavy atom. The summed E-state index contributed by atoms with van der Waals surface area (Å²) in [5, 5.41) is 16.2. The van der Waals surface area contributed by atoms with Crippen LogP contribution in [0.3, 0.4) is 0 Å². The molecule has 2 rings (SSSR count). The van der Waals surface area contributed by atoms with Gasteiger partial charge in [-0.25, -0.2) is 0 Å². The van der Waals surface area contributed by atoms with E-state index in [0.717, 1.165) is 12.8 Å². The highest BCUT2D eigenvalue weighted by atomic mass is 16.5. The molecule has 0 spiro atoms. The van der Waals surface area contributed by atoms with Gasteiger partial charge in [-0.05, 0) is 6.42 Å². The Labute approximate surface area is 81.7 Å². The van der Waals surface area contributed by atoms with Crippen molar-refractivity contribution >= 4 is 11.7 Å². The molecule has 4 nitrogen and oxygen atoms in total. The van der Waals surface area contributed by atoms with Gasteiger partial charge in [-0.3, -0.25) is 10.2 Å². The van der Waals surface area contributed by atoms with Crippen molar-refractivity contribution < 1.29 is 9.53 Å². The van der Waals surface area contributed by atoms with Crippen molar-refractivity contribution in [2.75, 3.05) is 0 Å². The molecule has 0 bridgehead atoms. The van der Waals surface area contributed by atoms with Crippen molar-refractivity contribution in [3.8, 4) is 6.07 Å². The SMILES string of the molecule is N#CC1CC2=C(CCCC2=O)OC1=N. The molecule has 14 heavy (non-hydrogen) atoms. The van der Waals surface area contributed by atoms with Gasteiger partial charge in [0.1, 0.15) is 11.7 Å². The topological polar surface area (TPSA) is 73.9 Å². The van der Waals surface area contributed by atoms with Crippen molar-refractivity contribution in [2.45, 2.75) is 25.7 Å². The van der Waals surface area contributed by atoms with Gasteiger partial charge >= 0.3 is 0 Å². The van der Waals surface area contributed by atoms with Crippen LogP contribution in [0.1, 0.15) is 25.7 Å². The number of hydrogen-bond donors (Lipinski definition) is 1. The summed E-state index contributed by atoms with van der Waals surface area (Å²) in [6.07, 6.45) is 2.43. The van der Waals surface area contributed by atoms with Gasteiger partial charge in [-0.2, -0.15) is 5.26 Å². The second-order valence-electron chi connectivity index (χ2n) is 3.53. The number of hydrogen-bond acceptors (Lipinski definition) is 4. The van der Waals surface area contributed by atoms with Gasteiger partial charge in [0.05, 0.1) is 6.07 Å². The number of carbonyl (C=O) groups is 1. The fraction of sp³-hybridized carbons (Fsp3) is 0.500. The summed E-state index contributed by atoms with van der Waals surface area (Å²) in [5.41, 5.74) is 0.638. The van der Waals surface area contributed by atoms with E-state index < -0.39 is 5.92 Å². The predicted octanol–water partition coefficient (Wildman–Crippen LogP) is 1.53. The van der Waals surface area contributed by atoms with E-state index in [4.69, 9.17) is 15.4 Å². The van der Waals surface area contributed by atoms with E-state index in [1.165, 1.54) is 0 Å². The van der Waals surface area contributed by atoms with E-state index in [0.29, 0.717) is 24.2 Å². The zero-order valence-electron chi connectivity index (χ0n) is 7.67. The van der Waals surface area contributed by atoms with Crippen LogP contribution in [0.5, 0.6) is 0 Å². The predicted molar refractivity (Wildman–Crippen MR) is 48.4 cm³/mol. The summed E-state index contributed by atoms with van der Waals surface area (Å²) in [6, 6.07) is 1.97. The largest absolute Gasteiger partial charge is 0.446 e. The highest BCUT2D eigenvalue weighted by Crippen LogP contribution is 2.32. The van der Waals surface area contributed by atoms with Crippen molar-refractivity contribution in [3.05, 3.63) is 11.3 Å². The molecule has 0 radical (unpaired) electrons. The monoisotopic (exact) mass is 190 g/mol. The Hall–Kier alpha value is -1.63. The smallest absolute Gasteiger partial charge is 0.204 e. The van der Waals surface area contributed by atoms with Crippen LogP contribution in [0.2, 0.25) is 0 Å². The molecule has 0 saturated carbocycles. The molecule has 2 aliphatic rings. The lowest BCUT2D eigenvalue weighted by Crippen LogP contribution is -2.27. The summed E-state index contributed by atoms with van der Waals surface area (Å²) in [4.78, 5) is 11.5. The van der Waals surface area contributed by atoms with Crippen molar-refractivity contribution in [1.29, 1.82) is 10.7 Å². The minimum absolute atomic E-state index is 0.0130. The van der Waals surface area contributed by atoms with E-state index in [-0.39, 0.29) is 11.7 Å². The standard InChI is InChI=1S/C10H10N2O2/c11-5-6-4-7-8(13)2-1-3-9(7)14-10(6)12/h6,12H,1-4H2. The molecule has 0 aromatic rings. The second-order valence-corrected chi connectivity index (χ2v) is 3.53. The van der Waals surface area contributed by atoms with Gasteiger partial charge < -0.3 is 4.74 Å². The summed E-state index contributed by atoms with van der Waals surface area (Å²) in [7, 11) is 0. The fourth-order valence-electron chi connectivity index (χ4n) is 1.81. The lowest BCUT2D eigenvalue weighted by atomic mass is 9.87.